The summed E-state index contributed by atoms with van der Waals surface area (Å²) in [5.74, 6) is 0.606. The molecule has 0 aliphatic carbocycles. The molecule has 1 fully saturated rings. The maximum Gasteiger partial charge on any atom is 0.292 e. The molecule has 7 heteroatoms. The molecular formula is C20H24FN5O. The Bertz CT molecular complexity index is 900. The van der Waals surface area contributed by atoms with E-state index >= 15 is 0 Å². The predicted octanol–water partition coefficient (Wildman–Crippen LogP) is 1.97. The number of anilines is 1. The second-order valence-corrected chi connectivity index (χ2v) is 7.47. The van der Waals surface area contributed by atoms with Crippen LogP contribution >= 0.6 is 0 Å². The normalized spacial score (nSPS) is 19.3. The van der Waals surface area contributed by atoms with Gasteiger partial charge >= 0.3 is 0 Å². The van der Waals surface area contributed by atoms with Crippen LogP contribution in [0.1, 0.15) is 39.4 Å². The lowest BCUT2D eigenvalue weighted by atomic mass is 9.99. The summed E-state index contributed by atoms with van der Waals surface area (Å²) in [4.78, 5) is 26.0. The number of amides is 1. The number of carbonyl (C=O) groups is 1. The molecule has 2 aliphatic heterocycles. The van der Waals surface area contributed by atoms with Crippen LogP contribution in [0.4, 0.5) is 10.2 Å². The first-order valence-corrected chi connectivity index (χ1v) is 9.34. The standard InChI is InChI=1S/C20H24FN5O/c1-12-13(2)23-18(24-19(12)25-8-6-17(22)11-25)20(27)26-7-5-14-9-16(21)4-3-15(14)10-26/h3-4,9,17H,5-8,10-11,22H2,1-2H3/t17-/m1/s1. The minimum absolute atomic E-state index is 0.137. The summed E-state index contributed by atoms with van der Waals surface area (Å²) in [5.41, 5.74) is 9.77. The minimum Gasteiger partial charge on any atom is -0.355 e. The third-order valence-electron chi connectivity index (χ3n) is 5.55. The van der Waals surface area contributed by atoms with E-state index in [9.17, 15) is 9.18 Å². The van der Waals surface area contributed by atoms with Crippen LogP contribution in [0.15, 0.2) is 18.2 Å². The zero-order valence-corrected chi connectivity index (χ0v) is 15.7. The molecule has 2 aliphatic rings. The van der Waals surface area contributed by atoms with Gasteiger partial charge in [0.2, 0.25) is 5.82 Å². The first-order valence-electron chi connectivity index (χ1n) is 9.34. The number of carbonyl (C=O) groups excluding carboxylic acids is 1. The van der Waals surface area contributed by atoms with Crippen molar-refractivity contribution in [1.82, 2.24) is 14.9 Å². The van der Waals surface area contributed by atoms with Crippen molar-refractivity contribution in [2.75, 3.05) is 24.5 Å². The highest BCUT2D eigenvalue weighted by Gasteiger charge is 2.28. The van der Waals surface area contributed by atoms with Crippen molar-refractivity contribution >= 4 is 11.7 Å². The lowest BCUT2D eigenvalue weighted by Gasteiger charge is -2.29. The number of benzene rings is 1. The fraction of sp³-hybridized carbons (Fsp3) is 0.450. The topological polar surface area (TPSA) is 75.4 Å². The number of aromatic nitrogens is 2. The number of aryl methyl sites for hydroxylation is 1. The number of hydrogen-bond acceptors (Lipinski definition) is 5. The van der Waals surface area contributed by atoms with Gasteiger partial charge in [0.05, 0.1) is 0 Å². The Morgan fingerprint density at radius 3 is 2.78 bits per heavy atom. The molecule has 142 valence electrons. The van der Waals surface area contributed by atoms with Crippen LogP contribution in [0.3, 0.4) is 0 Å². The maximum absolute atomic E-state index is 13.4. The Hall–Kier alpha value is -2.54. The summed E-state index contributed by atoms with van der Waals surface area (Å²) in [6, 6.07) is 4.88. The van der Waals surface area contributed by atoms with Gasteiger partial charge in [-0.05, 0) is 49.9 Å². The van der Waals surface area contributed by atoms with E-state index in [-0.39, 0.29) is 23.6 Å². The highest BCUT2D eigenvalue weighted by molar-refractivity contribution is 5.91. The van der Waals surface area contributed by atoms with Crippen LogP contribution in [0, 0.1) is 19.7 Å². The summed E-state index contributed by atoms with van der Waals surface area (Å²) in [7, 11) is 0. The van der Waals surface area contributed by atoms with Gasteiger partial charge in [0, 0.05) is 43.5 Å². The summed E-state index contributed by atoms with van der Waals surface area (Å²) < 4.78 is 13.4. The summed E-state index contributed by atoms with van der Waals surface area (Å²) in [6.07, 6.45) is 1.56. The molecular weight excluding hydrogens is 345 g/mol. The molecule has 2 aromatic rings. The fourth-order valence-electron chi connectivity index (χ4n) is 3.83. The van der Waals surface area contributed by atoms with E-state index in [1.807, 2.05) is 13.8 Å². The summed E-state index contributed by atoms with van der Waals surface area (Å²) >= 11 is 0. The molecule has 1 aromatic carbocycles. The zero-order chi connectivity index (χ0) is 19.1. The molecule has 0 radical (unpaired) electrons. The third-order valence-corrected chi connectivity index (χ3v) is 5.55. The number of nitrogens with zero attached hydrogens (tertiary/aromatic N) is 4. The van der Waals surface area contributed by atoms with Crippen molar-refractivity contribution in [3.8, 4) is 0 Å². The van der Waals surface area contributed by atoms with Crippen molar-refractivity contribution in [2.24, 2.45) is 5.73 Å². The van der Waals surface area contributed by atoms with Crippen molar-refractivity contribution in [1.29, 1.82) is 0 Å². The van der Waals surface area contributed by atoms with Gasteiger partial charge in [-0.25, -0.2) is 14.4 Å². The van der Waals surface area contributed by atoms with Gasteiger partial charge in [-0.2, -0.15) is 0 Å². The largest absolute Gasteiger partial charge is 0.355 e. The fourth-order valence-corrected chi connectivity index (χ4v) is 3.83. The Balaban J connectivity index is 1.60. The van der Waals surface area contributed by atoms with Crippen LogP contribution in [-0.4, -0.2) is 46.5 Å². The lowest BCUT2D eigenvalue weighted by molar-refractivity contribution is 0.0722. The van der Waals surface area contributed by atoms with Crippen molar-refractivity contribution in [3.05, 3.63) is 52.2 Å². The van der Waals surface area contributed by atoms with Crippen LogP contribution in [0.25, 0.3) is 0 Å². The molecule has 1 amide bonds. The molecule has 0 bridgehead atoms. The molecule has 1 saturated heterocycles. The maximum atomic E-state index is 13.4. The average Bonchev–Trinajstić information content (AvgIpc) is 3.09. The minimum atomic E-state index is -0.237. The predicted molar refractivity (Wildman–Crippen MR) is 101 cm³/mol. The van der Waals surface area contributed by atoms with E-state index in [2.05, 4.69) is 14.9 Å². The van der Waals surface area contributed by atoms with Crippen molar-refractivity contribution in [2.45, 2.75) is 39.3 Å². The van der Waals surface area contributed by atoms with Crippen molar-refractivity contribution < 1.29 is 9.18 Å². The van der Waals surface area contributed by atoms with Crippen molar-refractivity contribution in [3.63, 3.8) is 0 Å². The number of fused-ring (bicyclic) bond motifs is 1. The number of halogens is 1. The number of hydrogen-bond donors (Lipinski definition) is 1. The quantitative estimate of drug-likeness (QED) is 0.876. The van der Waals surface area contributed by atoms with E-state index in [0.717, 1.165) is 47.7 Å². The Morgan fingerprint density at radius 2 is 2.04 bits per heavy atom. The van der Waals surface area contributed by atoms with E-state index < -0.39 is 0 Å². The van der Waals surface area contributed by atoms with Gasteiger partial charge in [-0.1, -0.05) is 6.07 Å². The molecule has 6 nitrogen and oxygen atoms in total. The Morgan fingerprint density at radius 1 is 1.22 bits per heavy atom. The molecule has 27 heavy (non-hydrogen) atoms. The second kappa shape index (κ2) is 6.88. The molecule has 1 atom stereocenters. The molecule has 4 rings (SSSR count). The Kier molecular flexibility index (Phi) is 4.55. The SMILES string of the molecule is Cc1nc(C(=O)N2CCc3cc(F)ccc3C2)nc(N2CC[C@@H](N)C2)c1C. The highest BCUT2D eigenvalue weighted by Crippen LogP contribution is 2.25. The number of rotatable bonds is 2. The van der Waals surface area contributed by atoms with Crippen LogP contribution in [0.5, 0.6) is 0 Å². The van der Waals surface area contributed by atoms with Gasteiger partial charge in [0.1, 0.15) is 11.6 Å². The summed E-state index contributed by atoms with van der Waals surface area (Å²) in [6.45, 7) is 6.46. The second-order valence-electron chi connectivity index (χ2n) is 7.47. The molecule has 0 unspecified atom stereocenters. The molecule has 0 spiro atoms. The lowest BCUT2D eigenvalue weighted by Crippen LogP contribution is -2.37. The summed E-state index contributed by atoms with van der Waals surface area (Å²) in [5, 5.41) is 0. The van der Waals surface area contributed by atoms with Gasteiger partial charge in [-0.15, -0.1) is 0 Å². The third kappa shape index (κ3) is 3.39. The molecule has 0 saturated carbocycles. The first kappa shape index (κ1) is 17.9. The molecule has 1 aromatic heterocycles. The first-order chi connectivity index (χ1) is 12.9. The van der Waals surface area contributed by atoms with Gasteiger partial charge in [0.25, 0.3) is 5.91 Å². The van der Waals surface area contributed by atoms with E-state index in [0.29, 0.717) is 19.5 Å². The van der Waals surface area contributed by atoms with E-state index in [1.165, 1.54) is 6.07 Å². The average molecular weight is 369 g/mol. The van der Waals surface area contributed by atoms with Crippen LogP contribution in [-0.2, 0) is 13.0 Å². The van der Waals surface area contributed by atoms with Crippen LogP contribution < -0.4 is 10.6 Å². The van der Waals surface area contributed by atoms with Gasteiger partial charge < -0.3 is 15.5 Å². The zero-order valence-electron chi connectivity index (χ0n) is 15.7. The highest BCUT2D eigenvalue weighted by atomic mass is 19.1. The van der Waals surface area contributed by atoms with Gasteiger partial charge in [-0.3, -0.25) is 4.79 Å². The van der Waals surface area contributed by atoms with E-state index in [4.69, 9.17) is 5.73 Å². The van der Waals surface area contributed by atoms with Crippen LogP contribution in [0.2, 0.25) is 0 Å². The van der Waals surface area contributed by atoms with E-state index in [1.54, 1.807) is 17.0 Å². The molecule has 2 N–H and O–H groups in total. The number of nitrogens with two attached hydrogens (primary N) is 1. The monoisotopic (exact) mass is 369 g/mol. The molecule has 3 heterocycles. The smallest absolute Gasteiger partial charge is 0.292 e. The Labute approximate surface area is 158 Å². The van der Waals surface area contributed by atoms with Gasteiger partial charge in [0.15, 0.2) is 0 Å².